The number of halogens is 1. The lowest BCUT2D eigenvalue weighted by atomic mass is 9.85. The quantitative estimate of drug-likeness (QED) is 0.701. The van der Waals surface area contributed by atoms with Crippen LogP contribution in [0.15, 0.2) is 35.1 Å². The van der Waals surface area contributed by atoms with Gasteiger partial charge in [0.15, 0.2) is 0 Å². The van der Waals surface area contributed by atoms with Crippen molar-refractivity contribution in [3.8, 4) is 5.82 Å². The SMILES string of the molecule is CC1(C)c2ccc(C3CCNCC3)nc2-n2c1nc(=O)c1c(Cl)cccc12. The molecule has 1 aromatic carbocycles. The number of aromatic nitrogens is 3. The summed E-state index contributed by atoms with van der Waals surface area (Å²) in [6.07, 6.45) is 2.19. The molecule has 2 aliphatic heterocycles. The van der Waals surface area contributed by atoms with Crippen LogP contribution < -0.4 is 10.9 Å². The number of nitrogens with zero attached hydrogens (tertiary/aromatic N) is 3. The number of benzene rings is 1. The first kappa shape index (κ1) is 16.9. The van der Waals surface area contributed by atoms with Crippen molar-refractivity contribution in [2.24, 2.45) is 0 Å². The van der Waals surface area contributed by atoms with E-state index in [1.807, 2.05) is 16.7 Å². The molecule has 0 aliphatic carbocycles. The second kappa shape index (κ2) is 5.88. The van der Waals surface area contributed by atoms with E-state index >= 15 is 0 Å². The van der Waals surface area contributed by atoms with Crippen molar-refractivity contribution in [3.05, 3.63) is 62.8 Å². The molecule has 4 heterocycles. The zero-order valence-corrected chi connectivity index (χ0v) is 16.2. The van der Waals surface area contributed by atoms with E-state index in [9.17, 15) is 4.79 Å². The van der Waals surface area contributed by atoms with Gasteiger partial charge in [-0.15, -0.1) is 0 Å². The Kier molecular flexibility index (Phi) is 3.68. The first-order chi connectivity index (χ1) is 13.0. The number of rotatable bonds is 1. The number of fused-ring (bicyclic) bond motifs is 5. The van der Waals surface area contributed by atoms with Gasteiger partial charge in [0.1, 0.15) is 11.6 Å². The molecule has 0 bridgehead atoms. The van der Waals surface area contributed by atoms with Crippen molar-refractivity contribution in [1.29, 1.82) is 0 Å². The van der Waals surface area contributed by atoms with Crippen molar-refractivity contribution in [3.63, 3.8) is 0 Å². The van der Waals surface area contributed by atoms with Crippen molar-refractivity contribution in [1.82, 2.24) is 19.9 Å². The van der Waals surface area contributed by atoms with Crippen molar-refractivity contribution in [2.75, 3.05) is 13.1 Å². The minimum absolute atomic E-state index is 0.277. The van der Waals surface area contributed by atoms with Crippen LogP contribution in [0.25, 0.3) is 16.7 Å². The van der Waals surface area contributed by atoms with Crippen LogP contribution in [0, 0.1) is 0 Å². The number of pyridine rings is 1. The van der Waals surface area contributed by atoms with Gasteiger partial charge in [0, 0.05) is 17.2 Å². The molecule has 27 heavy (non-hydrogen) atoms. The molecular weight excluding hydrogens is 360 g/mol. The highest BCUT2D eigenvalue weighted by Crippen LogP contribution is 2.43. The van der Waals surface area contributed by atoms with Gasteiger partial charge in [-0.2, -0.15) is 4.98 Å². The molecule has 1 saturated heterocycles. The molecule has 0 saturated carbocycles. The molecule has 0 radical (unpaired) electrons. The zero-order valence-electron chi connectivity index (χ0n) is 15.4. The van der Waals surface area contributed by atoms with Gasteiger partial charge in [-0.3, -0.25) is 9.36 Å². The Bertz CT molecular complexity index is 1130. The normalized spacial score (nSPS) is 18.5. The first-order valence-corrected chi connectivity index (χ1v) is 9.80. The first-order valence-electron chi connectivity index (χ1n) is 9.43. The molecule has 1 fully saturated rings. The highest BCUT2D eigenvalue weighted by Gasteiger charge is 2.40. The van der Waals surface area contributed by atoms with Crippen LogP contribution in [0.4, 0.5) is 0 Å². The van der Waals surface area contributed by atoms with Crippen molar-refractivity contribution < 1.29 is 0 Å². The maximum atomic E-state index is 12.7. The molecule has 2 aromatic heterocycles. The van der Waals surface area contributed by atoms with Gasteiger partial charge in [0.25, 0.3) is 5.56 Å². The molecule has 3 aromatic rings. The van der Waals surface area contributed by atoms with E-state index in [1.165, 1.54) is 0 Å². The minimum atomic E-state index is -0.384. The summed E-state index contributed by atoms with van der Waals surface area (Å²) in [4.78, 5) is 22.2. The van der Waals surface area contributed by atoms with Gasteiger partial charge < -0.3 is 5.32 Å². The fraction of sp³-hybridized carbons (Fsp3) is 0.381. The zero-order chi connectivity index (χ0) is 18.8. The Morgan fingerprint density at radius 3 is 2.70 bits per heavy atom. The Morgan fingerprint density at radius 1 is 1.15 bits per heavy atom. The highest BCUT2D eigenvalue weighted by atomic mass is 35.5. The lowest BCUT2D eigenvalue weighted by Gasteiger charge is -2.23. The molecular formula is C21H21ClN4O. The van der Waals surface area contributed by atoms with Crippen molar-refractivity contribution in [2.45, 2.75) is 38.0 Å². The largest absolute Gasteiger partial charge is 0.317 e. The minimum Gasteiger partial charge on any atom is -0.317 e. The Labute approximate surface area is 162 Å². The Hall–Kier alpha value is -2.24. The number of hydrogen-bond acceptors (Lipinski definition) is 4. The molecule has 0 spiro atoms. The predicted molar refractivity (Wildman–Crippen MR) is 107 cm³/mol. The maximum absolute atomic E-state index is 12.7. The third kappa shape index (κ3) is 2.38. The highest BCUT2D eigenvalue weighted by molar-refractivity contribution is 6.35. The van der Waals surface area contributed by atoms with Crippen LogP contribution in [-0.4, -0.2) is 27.6 Å². The summed E-state index contributed by atoms with van der Waals surface area (Å²) in [5.41, 5.74) is 2.33. The molecule has 5 rings (SSSR count). The Morgan fingerprint density at radius 2 is 1.93 bits per heavy atom. The monoisotopic (exact) mass is 380 g/mol. The third-order valence-corrected chi connectivity index (χ3v) is 6.28. The molecule has 0 unspecified atom stereocenters. The molecule has 6 heteroatoms. The lowest BCUT2D eigenvalue weighted by Crippen LogP contribution is -2.27. The third-order valence-electron chi connectivity index (χ3n) is 5.96. The summed E-state index contributed by atoms with van der Waals surface area (Å²) in [5, 5.41) is 4.30. The summed E-state index contributed by atoms with van der Waals surface area (Å²) < 4.78 is 2.03. The van der Waals surface area contributed by atoms with Gasteiger partial charge in [-0.1, -0.05) is 23.7 Å². The molecule has 5 nitrogen and oxygen atoms in total. The lowest BCUT2D eigenvalue weighted by molar-refractivity contribution is 0.453. The Balaban J connectivity index is 1.81. The van der Waals surface area contributed by atoms with Crippen LogP contribution in [0.1, 0.15) is 49.7 Å². The van der Waals surface area contributed by atoms with Crippen LogP contribution in [0.3, 0.4) is 0 Å². The van der Waals surface area contributed by atoms with Gasteiger partial charge in [0.05, 0.1) is 21.3 Å². The van der Waals surface area contributed by atoms with E-state index in [0.29, 0.717) is 16.3 Å². The summed E-state index contributed by atoms with van der Waals surface area (Å²) in [6, 6.07) is 9.85. The maximum Gasteiger partial charge on any atom is 0.282 e. The van der Waals surface area contributed by atoms with Gasteiger partial charge in [-0.05, 0) is 58.0 Å². The smallest absolute Gasteiger partial charge is 0.282 e. The standard InChI is InChI=1S/C21H21ClN4O/c1-21(2)13-6-7-15(12-8-10-23-11-9-12)24-18(13)26-16-5-3-4-14(22)17(16)19(27)25-20(21)26/h3-7,12,23H,8-11H2,1-2H3. The summed E-state index contributed by atoms with van der Waals surface area (Å²) in [5.74, 6) is 2.07. The van der Waals surface area contributed by atoms with Crippen LogP contribution in [0.5, 0.6) is 0 Å². The predicted octanol–water partition coefficient (Wildman–Crippen LogP) is 3.54. The fourth-order valence-corrected chi connectivity index (χ4v) is 4.70. The molecule has 0 atom stereocenters. The van der Waals surface area contributed by atoms with Crippen LogP contribution >= 0.6 is 11.6 Å². The average Bonchev–Trinajstić information content (AvgIpc) is 2.89. The molecule has 138 valence electrons. The molecule has 2 aliphatic rings. The van der Waals surface area contributed by atoms with Crippen LogP contribution in [-0.2, 0) is 5.41 Å². The number of nitrogens with one attached hydrogen (secondary N) is 1. The fourth-order valence-electron chi connectivity index (χ4n) is 4.45. The van der Waals surface area contributed by atoms with E-state index in [1.54, 1.807) is 6.07 Å². The molecule has 0 amide bonds. The van der Waals surface area contributed by atoms with Gasteiger partial charge >= 0.3 is 0 Å². The van der Waals surface area contributed by atoms with Crippen molar-refractivity contribution >= 4 is 22.5 Å². The van der Waals surface area contributed by atoms with E-state index in [0.717, 1.165) is 54.3 Å². The second-order valence-corrected chi connectivity index (χ2v) is 8.37. The van der Waals surface area contributed by atoms with Crippen LogP contribution in [0.2, 0.25) is 5.02 Å². The summed E-state index contributed by atoms with van der Waals surface area (Å²) in [6.45, 7) is 6.25. The number of hydrogen-bond donors (Lipinski definition) is 1. The average molecular weight is 381 g/mol. The van der Waals surface area contributed by atoms with E-state index in [4.69, 9.17) is 16.6 Å². The summed E-state index contributed by atoms with van der Waals surface area (Å²) in [7, 11) is 0. The second-order valence-electron chi connectivity index (χ2n) is 7.97. The van der Waals surface area contributed by atoms with E-state index in [-0.39, 0.29) is 11.0 Å². The number of piperidine rings is 1. The van der Waals surface area contributed by atoms with E-state index in [2.05, 4.69) is 36.3 Å². The van der Waals surface area contributed by atoms with E-state index < -0.39 is 0 Å². The summed E-state index contributed by atoms with van der Waals surface area (Å²) >= 11 is 6.33. The van der Waals surface area contributed by atoms with Gasteiger partial charge in [0.2, 0.25) is 0 Å². The topological polar surface area (TPSA) is 59.8 Å². The van der Waals surface area contributed by atoms with Gasteiger partial charge in [-0.25, -0.2) is 4.98 Å². The molecule has 1 N–H and O–H groups in total.